The summed E-state index contributed by atoms with van der Waals surface area (Å²) in [6.45, 7) is 1.90. The SMILES string of the molecule is Cc1ccc(Cl)cc1NCC(=O)Nc1ccccc1S(C)(=O)=O. The zero-order valence-corrected chi connectivity index (χ0v) is 14.3. The molecule has 0 unspecified atom stereocenters. The topological polar surface area (TPSA) is 75.3 Å². The van der Waals surface area contributed by atoms with Crippen LogP contribution in [0.5, 0.6) is 0 Å². The second-order valence-corrected chi connectivity index (χ2v) is 7.55. The Labute approximate surface area is 140 Å². The van der Waals surface area contributed by atoms with E-state index in [4.69, 9.17) is 11.6 Å². The lowest BCUT2D eigenvalue weighted by atomic mass is 10.2. The van der Waals surface area contributed by atoms with Gasteiger partial charge in [0.2, 0.25) is 5.91 Å². The van der Waals surface area contributed by atoms with E-state index < -0.39 is 9.84 Å². The van der Waals surface area contributed by atoms with Gasteiger partial charge < -0.3 is 10.6 Å². The number of nitrogens with one attached hydrogen (secondary N) is 2. The first-order chi connectivity index (χ1) is 10.8. The number of para-hydroxylation sites is 1. The van der Waals surface area contributed by atoms with Gasteiger partial charge in [-0.3, -0.25) is 4.79 Å². The summed E-state index contributed by atoms with van der Waals surface area (Å²) in [5.74, 6) is -0.347. The molecule has 0 saturated heterocycles. The fraction of sp³-hybridized carbons (Fsp3) is 0.188. The van der Waals surface area contributed by atoms with Crippen molar-refractivity contribution >= 4 is 38.7 Å². The van der Waals surface area contributed by atoms with Crippen LogP contribution in [0.15, 0.2) is 47.4 Å². The molecule has 2 aromatic carbocycles. The van der Waals surface area contributed by atoms with Gasteiger partial charge in [0.1, 0.15) is 0 Å². The number of hydrogen-bond donors (Lipinski definition) is 2. The summed E-state index contributed by atoms with van der Waals surface area (Å²) in [5.41, 5.74) is 1.98. The molecular weight excluding hydrogens is 336 g/mol. The quantitative estimate of drug-likeness (QED) is 0.867. The molecule has 23 heavy (non-hydrogen) atoms. The number of halogens is 1. The molecule has 5 nitrogen and oxygen atoms in total. The molecule has 0 spiro atoms. The molecule has 122 valence electrons. The van der Waals surface area contributed by atoms with Gasteiger partial charge in [0.15, 0.2) is 9.84 Å². The summed E-state index contributed by atoms with van der Waals surface area (Å²) in [6, 6.07) is 11.6. The van der Waals surface area contributed by atoms with Crippen molar-refractivity contribution in [2.45, 2.75) is 11.8 Å². The third kappa shape index (κ3) is 4.71. The number of sulfone groups is 1. The number of benzene rings is 2. The Morgan fingerprint density at radius 3 is 2.52 bits per heavy atom. The highest BCUT2D eigenvalue weighted by atomic mass is 35.5. The molecule has 0 bridgehead atoms. The van der Waals surface area contributed by atoms with Gasteiger partial charge in [-0.1, -0.05) is 29.8 Å². The van der Waals surface area contributed by atoms with Crippen LogP contribution in [0.3, 0.4) is 0 Å². The van der Waals surface area contributed by atoms with Crippen LogP contribution in [0.1, 0.15) is 5.56 Å². The van der Waals surface area contributed by atoms with Gasteiger partial charge in [0.05, 0.1) is 17.1 Å². The van der Waals surface area contributed by atoms with Crippen molar-refractivity contribution in [3.05, 3.63) is 53.1 Å². The van der Waals surface area contributed by atoms with Crippen molar-refractivity contribution in [3.63, 3.8) is 0 Å². The van der Waals surface area contributed by atoms with Crippen LogP contribution < -0.4 is 10.6 Å². The number of anilines is 2. The van der Waals surface area contributed by atoms with Crippen molar-refractivity contribution in [2.24, 2.45) is 0 Å². The standard InChI is InChI=1S/C16H17ClN2O3S/c1-11-7-8-12(17)9-14(11)18-10-16(20)19-13-5-3-4-6-15(13)23(2,21)22/h3-9,18H,10H2,1-2H3,(H,19,20). The molecule has 0 aliphatic heterocycles. The Morgan fingerprint density at radius 2 is 1.83 bits per heavy atom. The summed E-state index contributed by atoms with van der Waals surface area (Å²) < 4.78 is 23.4. The highest BCUT2D eigenvalue weighted by Gasteiger charge is 2.14. The maximum absolute atomic E-state index is 12.1. The number of rotatable bonds is 5. The predicted octanol–water partition coefficient (Wildman–Crippen LogP) is 3.10. The summed E-state index contributed by atoms with van der Waals surface area (Å²) in [5, 5.41) is 6.16. The van der Waals surface area contributed by atoms with Crippen molar-refractivity contribution < 1.29 is 13.2 Å². The van der Waals surface area contributed by atoms with Gasteiger partial charge in [-0.2, -0.15) is 0 Å². The number of aryl methyl sites for hydroxylation is 1. The lowest BCUT2D eigenvalue weighted by Crippen LogP contribution is -2.23. The lowest BCUT2D eigenvalue weighted by molar-refractivity contribution is -0.114. The van der Waals surface area contributed by atoms with Crippen LogP contribution in [0.2, 0.25) is 5.02 Å². The smallest absolute Gasteiger partial charge is 0.243 e. The fourth-order valence-electron chi connectivity index (χ4n) is 2.05. The minimum atomic E-state index is -3.41. The normalized spacial score (nSPS) is 11.1. The first-order valence-electron chi connectivity index (χ1n) is 6.86. The summed E-state index contributed by atoms with van der Waals surface area (Å²) in [7, 11) is -3.41. The van der Waals surface area contributed by atoms with Crippen LogP contribution >= 0.6 is 11.6 Å². The molecule has 0 aliphatic rings. The number of hydrogen-bond acceptors (Lipinski definition) is 4. The number of amides is 1. The summed E-state index contributed by atoms with van der Waals surface area (Å²) in [6.07, 6.45) is 1.10. The summed E-state index contributed by atoms with van der Waals surface area (Å²) in [4.78, 5) is 12.1. The van der Waals surface area contributed by atoms with E-state index in [0.717, 1.165) is 17.5 Å². The lowest BCUT2D eigenvalue weighted by Gasteiger charge is -2.12. The van der Waals surface area contributed by atoms with Crippen molar-refractivity contribution in [1.29, 1.82) is 0 Å². The van der Waals surface area contributed by atoms with E-state index in [1.165, 1.54) is 6.07 Å². The van der Waals surface area contributed by atoms with Gasteiger partial charge in [-0.05, 0) is 36.8 Å². The Morgan fingerprint density at radius 1 is 1.13 bits per heavy atom. The predicted molar refractivity (Wildman–Crippen MR) is 92.9 cm³/mol. The van der Waals surface area contributed by atoms with E-state index in [1.54, 1.807) is 30.3 Å². The average Bonchev–Trinajstić information content (AvgIpc) is 2.47. The first-order valence-corrected chi connectivity index (χ1v) is 9.13. The largest absolute Gasteiger partial charge is 0.376 e. The van der Waals surface area contributed by atoms with E-state index in [1.807, 2.05) is 13.0 Å². The number of carbonyl (C=O) groups excluding carboxylic acids is 1. The molecule has 7 heteroatoms. The van der Waals surface area contributed by atoms with Crippen LogP contribution in [0, 0.1) is 6.92 Å². The van der Waals surface area contributed by atoms with Crippen molar-refractivity contribution in [2.75, 3.05) is 23.4 Å². The fourth-order valence-corrected chi connectivity index (χ4v) is 3.06. The van der Waals surface area contributed by atoms with Crippen molar-refractivity contribution in [3.8, 4) is 0 Å². The average molecular weight is 353 g/mol. The maximum Gasteiger partial charge on any atom is 0.243 e. The zero-order valence-electron chi connectivity index (χ0n) is 12.8. The van der Waals surface area contributed by atoms with E-state index in [2.05, 4.69) is 10.6 Å². The highest BCUT2D eigenvalue weighted by Crippen LogP contribution is 2.21. The van der Waals surface area contributed by atoms with Crippen LogP contribution in [-0.4, -0.2) is 27.1 Å². The Balaban J connectivity index is 2.08. The second-order valence-electron chi connectivity index (χ2n) is 5.13. The first kappa shape index (κ1) is 17.3. The van der Waals surface area contributed by atoms with Crippen molar-refractivity contribution in [1.82, 2.24) is 0 Å². The Kier molecular flexibility index (Phi) is 5.28. The molecule has 2 rings (SSSR count). The molecule has 0 atom stereocenters. The van der Waals surface area contributed by atoms with Gasteiger partial charge in [0.25, 0.3) is 0 Å². The van der Waals surface area contributed by atoms with E-state index in [0.29, 0.717) is 5.02 Å². The van der Waals surface area contributed by atoms with Gasteiger partial charge >= 0.3 is 0 Å². The molecular formula is C16H17ClN2O3S. The zero-order chi connectivity index (χ0) is 17.0. The van der Waals surface area contributed by atoms with Crippen LogP contribution in [-0.2, 0) is 14.6 Å². The molecule has 0 aliphatic carbocycles. The third-order valence-electron chi connectivity index (χ3n) is 3.20. The molecule has 2 aromatic rings. The van der Waals surface area contributed by atoms with E-state index in [9.17, 15) is 13.2 Å². The maximum atomic E-state index is 12.1. The molecule has 2 N–H and O–H groups in total. The van der Waals surface area contributed by atoms with Gasteiger partial charge in [0, 0.05) is 17.0 Å². The van der Waals surface area contributed by atoms with Gasteiger partial charge in [-0.15, -0.1) is 0 Å². The minimum absolute atomic E-state index is 0.000716. The highest BCUT2D eigenvalue weighted by molar-refractivity contribution is 7.90. The van der Waals surface area contributed by atoms with Crippen LogP contribution in [0.25, 0.3) is 0 Å². The Hall–Kier alpha value is -2.05. The van der Waals surface area contributed by atoms with Crippen LogP contribution in [0.4, 0.5) is 11.4 Å². The molecule has 1 amide bonds. The third-order valence-corrected chi connectivity index (χ3v) is 4.59. The molecule has 0 radical (unpaired) electrons. The summed E-state index contributed by atoms with van der Waals surface area (Å²) >= 11 is 5.93. The number of carbonyl (C=O) groups is 1. The minimum Gasteiger partial charge on any atom is -0.376 e. The molecule has 0 fully saturated rings. The molecule has 0 aromatic heterocycles. The van der Waals surface area contributed by atoms with E-state index in [-0.39, 0.29) is 23.0 Å². The van der Waals surface area contributed by atoms with Gasteiger partial charge in [-0.25, -0.2) is 8.42 Å². The molecule has 0 saturated carbocycles. The monoisotopic (exact) mass is 352 g/mol. The second kappa shape index (κ2) is 7.02. The van der Waals surface area contributed by atoms with E-state index >= 15 is 0 Å². The Bertz CT molecular complexity index is 835. The molecule has 0 heterocycles.